The molecule has 0 radical (unpaired) electrons. The standard InChI is InChI=1S/C17H20ClFN2/c1-11(20)17-15(19)5-4-6-16(17)21(3)12(2)13-7-9-14(18)10-8-13/h4-12H,20H2,1-3H3/t11-,12?/m1/s1. The first-order valence-electron chi connectivity index (χ1n) is 6.94. The molecule has 1 unspecified atom stereocenters. The molecule has 0 aliphatic heterocycles. The Morgan fingerprint density at radius 2 is 1.71 bits per heavy atom. The predicted molar refractivity (Wildman–Crippen MR) is 87.3 cm³/mol. The molecule has 112 valence electrons. The van der Waals surface area contributed by atoms with Crippen LogP contribution in [0.3, 0.4) is 0 Å². The molecule has 2 aromatic rings. The van der Waals surface area contributed by atoms with Gasteiger partial charge in [0.2, 0.25) is 0 Å². The summed E-state index contributed by atoms with van der Waals surface area (Å²) in [5.74, 6) is -0.266. The second kappa shape index (κ2) is 6.46. The van der Waals surface area contributed by atoms with E-state index in [1.54, 1.807) is 13.0 Å². The van der Waals surface area contributed by atoms with Crippen molar-refractivity contribution in [2.45, 2.75) is 25.9 Å². The van der Waals surface area contributed by atoms with Gasteiger partial charge >= 0.3 is 0 Å². The highest BCUT2D eigenvalue weighted by atomic mass is 35.5. The van der Waals surface area contributed by atoms with Gasteiger partial charge in [-0.1, -0.05) is 29.8 Å². The van der Waals surface area contributed by atoms with E-state index in [9.17, 15) is 4.39 Å². The van der Waals surface area contributed by atoms with Gasteiger partial charge in [-0.3, -0.25) is 0 Å². The average Bonchev–Trinajstić information content (AvgIpc) is 2.46. The van der Waals surface area contributed by atoms with Crippen molar-refractivity contribution in [1.29, 1.82) is 0 Å². The first-order valence-corrected chi connectivity index (χ1v) is 7.32. The van der Waals surface area contributed by atoms with Gasteiger partial charge in [0.15, 0.2) is 0 Å². The van der Waals surface area contributed by atoms with Crippen molar-refractivity contribution in [1.82, 2.24) is 0 Å². The van der Waals surface area contributed by atoms with Gasteiger partial charge in [-0.2, -0.15) is 0 Å². The minimum atomic E-state index is -0.360. The molecular weight excluding hydrogens is 287 g/mol. The van der Waals surface area contributed by atoms with Gasteiger partial charge < -0.3 is 10.6 Å². The molecule has 0 heterocycles. The molecule has 0 aliphatic carbocycles. The number of benzene rings is 2. The zero-order chi connectivity index (χ0) is 15.6. The molecular formula is C17H20ClFN2. The third-order valence-corrected chi connectivity index (χ3v) is 4.05. The fourth-order valence-corrected chi connectivity index (χ4v) is 2.58. The number of halogens is 2. The summed E-state index contributed by atoms with van der Waals surface area (Å²) in [5, 5.41) is 0.704. The van der Waals surface area contributed by atoms with Gasteiger partial charge in [-0.05, 0) is 43.7 Å². The van der Waals surface area contributed by atoms with E-state index >= 15 is 0 Å². The lowest BCUT2D eigenvalue weighted by atomic mass is 10.0. The van der Waals surface area contributed by atoms with Crippen LogP contribution in [0.1, 0.15) is 37.1 Å². The Balaban J connectivity index is 2.37. The van der Waals surface area contributed by atoms with Crippen LogP contribution in [0.2, 0.25) is 5.02 Å². The van der Waals surface area contributed by atoms with Gasteiger partial charge in [0.25, 0.3) is 0 Å². The molecule has 0 saturated carbocycles. The maximum absolute atomic E-state index is 14.1. The van der Waals surface area contributed by atoms with E-state index in [-0.39, 0.29) is 17.9 Å². The maximum atomic E-state index is 14.1. The summed E-state index contributed by atoms with van der Waals surface area (Å²) < 4.78 is 14.1. The molecule has 0 aromatic heterocycles. The topological polar surface area (TPSA) is 29.3 Å². The minimum absolute atomic E-state index is 0.0848. The molecule has 2 atom stereocenters. The second-order valence-corrected chi connectivity index (χ2v) is 5.74. The second-order valence-electron chi connectivity index (χ2n) is 5.30. The highest BCUT2D eigenvalue weighted by Crippen LogP contribution is 2.32. The van der Waals surface area contributed by atoms with Crippen molar-refractivity contribution in [2.75, 3.05) is 11.9 Å². The third kappa shape index (κ3) is 3.36. The van der Waals surface area contributed by atoms with Gasteiger partial charge in [-0.25, -0.2) is 4.39 Å². The van der Waals surface area contributed by atoms with Gasteiger partial charge in [0, 0.05) is 29.4 Å². The molecule has 21 heavy (non-hydrogen) atoms. The monoisotopic (exact) mass is 306 g/mol. The van der Waals surface area contributed by atoms with Gasteiger partial charge in [0.1, 0.15) is 5.82 Å². The zero-order valence-corrected chi connectivity index (χ0v) is 13.2. The van der Waals surface area contributed by atoms with Crippen molar-refractivity contribution >= 4 is 17.3 Å². The first kappa shape index (κ1) is 15.8. The summed E-state index contributed by atoms with van der Waals surface area (Å²) in [6.07, 6.45) is 0. The largest absolute Gasteiger partial charge is 0.367 e. The number of nitrogens with two attached hydrogens (primary N) is 1. The molecule has 2 rings (SSSR count). The average molecular weight is 307 g/mol. The smallest absolute Gasteiger partial charge is 0.130 e. The molecule has 4 heteroatoms. The molecule has 0 spiro atoms. The lowest BCUT2D eigenvalue weighted by Gasteiger charge is -2.30. The Kier molecular flexibility index (Phi) is 4.86. The van der Waals surface area contributed by atoms with Crippen LogP contribution in [0, 0.1) is 5.82 Å². The molecule has 0 amide bonds. The van der Waals surface area contributed by atoms with E-state index in [2.05, 4.69) is 6.92 Å². The van der Waals surface area contributed by atoms with Crippen molar-refractivity contribution in [2.24, 2.45) is 5.73 Å². The maximum Gasteiger partial charge on any atom is 0.130 e. The van der Waals surface area contributed by atoms with Crippen LogP contribution in [0.15, 0.2) is 42.5 Å². The summed E-state index contributed by atoms with van der Waals surface area (Å²) in [4.78, 5) is 2.03. The van der Waals surface area contributed by atoms with E-state index in [1.165, 1.54) is 6.07 Å². The number of hydrogen-bond acceptors (Lipinski definition) is 2. The van der Waals surface area contributed by atoms with Crippen molar-refractivity contribution in [3.63, 3.8) is 0 Å². The first-order chi connectivity index (χ1) is 9.91. The van der Waals surface area contributed by atoms with Crippen molar-refractivity contribution in [3.8, 4) is 0 Å². The molecule has 0 fully saturated rings. The highest BCUT2D eigenvalue weighted by Gasteiger charge is 2.19. The Hall–Kier alpha value is -1.58. The SMILES string of the molecule is CC(c1ccc(Cl)cc1)N(C)c1cccc(F)c1[C@@H](C)N. The molecule has 0 bridgehead atoms. The number of anilines is 1. The van der Waals surface area contributed by atoms with E-state index < -0.39 is 0 Å². The van der Waals surface area contributed by atoms with Crippen molar-refractivity contribution < 1.29 is 4.39 Å². The summed E-state index contributed by atoms with van der Waals surface area (Å²) in [6.45, 7) is 3.86. The summed E-state index contributed by atoms with van der Waals surface area (Å²) in [6, 6.07) is 12.5. The molecule has 2 nitrogen and oxygen atoms in total. The van der Waals surface area contributed by atoms with Gasteiger partial charge in [0.05, 0.1) is 6.04 Å². The van der Waals surface area contributed by atoms with E-state index in [4.69, 9.17) is 17.3 Å². The van der Waals surface area contributed by atoms with Gasteiger partial charge in [-0.15, -0.1) is 0 Å². The van der Waals surface area contributed by atoms with Crippen LogP contribution in [-0.2, 0) is 0 Å². The number of rotatable bonds is 4. The molecule has 0 aliphatic rings. The highest BCUT2D eigenvalue weighted by molar-refractivity contribution is 6.30. The van der Waals surface area contributed by atoms with Crippen LogP contribution in [0.5, 0.6) is 0 Å². The van der Waals surface area contributed by atoms with Crippen LogP contribution in [-0.4, -0.2) is 7.05 Å². The number of nitrogens with zero attached hydrogens (tertiary/aromatic N) is 1. The fourth-order valence-electron chi connectivity index (χ4n) is 2.46. The Labute approximate surface area is 130 Å². The molecule has 0 saturated heterocycles. The lowest BCUT2D eigenvalue weighted by Crippen LogP contribution is -2.24. The molecule has 2 aromatic carbocycles. The minimum Gasteiger partial charge on any atom is -0.367 e. The van der Waals surface area contributed by atoms with Crippen molar-refractivity contribution in [3.05, 3.63) is 64.4 Å². The Bertz CT molecular complexity index is 611. The lowest BCUT2D eigenvalue weighted by molar-refractivity contribution is 0.590. The van der Waals surface area contributed by atoms with Crippen LogP contribution in [0.25, 0.3) is 0 Å². The Morgan fingerprint density at radius 1 is 1.10 bits per heavy atom. The quantitative estimate of drug-likeness (QED) is 0.887. The Morgan fingerprint density at radius 3 is 2.29 bits per heavy atom. The van der Waals surface area contributed by atoms with Crippen LogP contribution in [0.4, 0.5) is 10.1 Å². The molecule has 2 N–H and O–H groups in total. The van der Waals surface area contributed by atoms with E-state index in [0.29, 0.717) is 10.6 Å². The third-order valence-electron chi connectivity index (χ3n) is 3.80. The summed E-state index contributed by atoms with van der Waals surface area (Å²) in [7, 11) is 1.94. The normalized spacial score (nSPS) is 13.8. The van der Waals surface area contributed by atoms with E-state index in [0.717, 1.165) is 11.3 Å². The fraction of sp³-hybridized carbons (Fsp3) is 0.294. The van der Waals surface area contributed by atoms with Crippen LogP contribution >= 0.6 is 11.6 Å². The predicted octanol–water partition coefficient (Wildman–Crippen LogP) is 4.70. The summed E-state index contributed by atoms with van der Waals surface area (Å²) in [5.41, 5.74) is 8.40. The zero-order valence-electron chi connectivity index (χ0n) is 12.5. The number of hydrogen-bond donors (Lipinski definition) is 1. The summed E-state index contributed by atoms with van der Waals surface area (Å²) >= 11 is 5.92. The van der Waals surface area contributed by atoms with E-state index in [1.807, 2.05) is 42.3 Å². The van der Waals surface area contributed by atoms with Crippen LogP contribution < -0.4 is 10.6 Å².